The van der Waals surface area contributed by atoms with Gasteiger partial charge >= 0.3 is 5.97 Å². The number of rotatable bonds is 9. The first kappa shape index (κ1) is 15.1. The highest BCUT2D eigenvalue weighted by Crippen LogP contribution is 2.09. The minimum Gasteiger partial charge on any atom is -0.478 e. The van der Waals surface area contributed by atoms with Gasteiger partial charge in [0, 0.05) is 25.1 Å². The summed E-state index contributed by atoms with van der Waals surface area (Å²) in [4.78, 5) is 12.9. The van der Waals surface area contributed by atoms with Crippen LogP contribution in [0.1, 0.15) is 27.2 Å². The van der Waals surface area contributed by atoms with E-state index in [1.54, 1.807) is 0 Å². The lowest BCUT2D eigenvalue weighted by Crippen LogP contribution is -2.34. The fraction of sp³-hybridized carbons (Fsp3) is 0.750. The zero-order valence-corrected chi connectivity index (χ0v) is 10.5. The summed E-state index contributed by atoms with van der Waals surface area (Å²) in [7, 11) is 0. The smallest absolute Gasteiger partial charge is 0.331 e. The van der Waals surface area contributed by atoms with Crippen molar-refractivity contribution in [1.82, 2.24) is 4.90 Å². The van der Waals surface area contributed by atoms with Gasteiger partial charge in [0.2, 0.25) is 0 Å². The molecule has 0 bridgehead atoms. The minimum atomic E-state index is -0.941. The Morgan fingerprint density at radius 3 is 2.31 bits per heavy atom. The molecule has 0 heterocycles. The molecule has 0 aromatic heterocycles. The number of carboxylic acid groups (broad SMARTS) is 1. The molecule has 0 spiro atoms. The van der Waals surface area contributed by atoms with Crippen molar-refractivity contribution in [1.29, 1.82) is 0 Å². The van der Waals surface area contributed by atoms with Gasteiger partial charge in [-0.25, -0.2) is 4.79 Å². The van der Waals surface area contributed by atoms with Crippen LogP contribution in [0.2, 0.25) is 0 Å². The Bertz CT molecular complexity index is 224. The molecule has 0 aliphatic rings. The molecule has 0 amide bonds. The van der Waals surface area contributed by atoms with Crippen molar-refractivity contribution >= 4 is 5.97 Å². The fourth-order valence-corrected chi connectivity index (χ4v) is 1.54. The van der Waals surface area contributed by atoms with Gasteiger partial charge < -0.3 is 14.7 Å². The van der Waals surface area contributed by atoms with Crippen molar-refractivity contribution in [2.45, 2.75) is 33.3 Å². The van der Waals surface area contributed by atoms with Crippen molar-refractivity contribution in [3.63, 3.8) is 0 Å². The summed E-state index contributed by atoms with van der Waals surface area (Å²) in [5.41, 5.74) is 0.214. The average molecular weight is 229 g/mol. The average Bonchev–Trinajstić information content (AvgIpc) is 2.25. The quantitative estimate of drug-likeness (QED) is 0.612. The predicted octanol–water partition coefficient (Wildman–Crippen LogP) is 1.76. The molecular formula is C12H23NO3. The molecule has 1 unspecified atom stereocenters. The van der Waals surface area contributed by atoms with Crippen LogP contribution in [-0.4, -0.2) is 48.3 Å². The maximum absolute atomic E-state index is 10.7. The first-order chi connectivity index (χ1) is 7.54. The Labute approximate surface area is 97.9 Å². The highest BCUT2D eigenvalue weighted by atomic mass is 16.5. The number of ether oxygens (including phenoxy) is 1. The number of likely N-dealkylation sites (N-methyl/N-ethyl adjacent to an activating group) is 1. The summed E-state index contributed by atoms with van der Waals surface area (Å²) < 4.78 is 5.53. The number of carbonyl (C=O) groups is 1. The third kappa shape index (κ3) is 5.88. The van der Waals surface area contributed by atoms with Crippen LogP contribution in [0.4, 0.5) is 0 Å². The van der Waals surface area contributed by atoms with Gasteiger partial charge in [-0.05, 0) is 20.0 Å². The van der Waals surface area contributed by atoms with Crippen molar-refractivity contribution in [2.24, 2.45) is 0 Å². The first-order valence-corrected chi connectivity index (χ1v) is 5.80. The Morgan fingerprint density at radius 2 is 1.94 bits per heavy atom. The fourth-order valence-electron chi connectivity index (χ4n) is 1.54. The highest BCUT2D eigenvalue weighted by molar-refractivity contribution is 5.85. The molecule has 1 atom stereocenters. The lowest BCUT2D eigenvalue weighted by atomic mass is 10.1. The molecule has 0 fully saturated rings. The van der Waals surface area contributed by atoms with Gasteiger partial charge in [0.15, 0.2) is 0 Å². The van der Waals surface area contributed by atoms with Gasteiger partial charge in [-0.1, -0.05) is 20.4 Å². The summed E-state index contributed by atoms with van der Waals surface area (Å²) in [5, 5.41) is 8.78. The summed E-state index contributed by atoms with van der Waals surface area (Å²) in [6.07, 6.45) is 0.313. The molecule has 1 N–H and O–H groups in total. The van der Waals surface area contributed by atoms with Gasteiger partial charge in [0.05, 0.1) is 6.10 Å². The van der Waals surface area contributed by atoms with Crippen molar-refractivity contribution in [2.75, 3.05) is 26.2 Å². The van der Waals surface area contributed by atoms with Crippen molar-refractivity contribution < 1.29 is 14.6 Å². The number of nitrogens with zero attached hydrogens (tertiary/aromatic N) is 1. The van der Waals surface area contributed by atoms with Crippen molar-refractivity contribution in [3.05, 3.63) is 12.2 Å². The van der Waals surface area contributed by atoms with Gasteiger partial charge in [0.25, 0.3) is 0 Å². The molecule has 0 saturated heterocycles. The summed E-state index contributed by atoms with van der Waals surface area (Å²) in [6, 6.07) is 0. The molecular weight excluding hydrogens is 206 g/mol. The molecule has 0 aromatic rings. The molecule has 94 valence electrons. The van der Waals surface area contributed by atoms with Gasteiger partial charge in [-0.3, -0.25) is 0 Å². The van der Waals surface area contributed by atoms with E-state index in [0.29, 0.717) is 13.0 Å². The number of carboxylic acids is 1. The third-order valence-electron chi connectivity index (χ3n) is 2.54. The van der Waals surface area contributed by atoms with Crippen LogP contribution < -0.4 is 0 Å². The second kappa shape index (κ2) is 8.30. The molecule has 0 aliphatic carbocycles. The molecule has 4 heteroatoms. The molecule has 16 heavy (non-hydrogen) atoms. The number of hydrogen-bond donors (Lipinski definition) is 1. The zero-order valence-electron chi connectivity index (χ0n) is 10.5. The summed E-state index contributed by atoms with van der Waals surface area (Å²) in [5.74, 6) is -0.941. The molecule has 0 rings (SSSR count). The van der Waals surface area contributed by atoms with Crippen LogP contribution in [0.5, 0.6) is 0 Å². The second-order valence-electron chi connectivity index (χ2n) is 3.68. The van der Waals surface area contributed by atoms with Gasteiger partial charge in [0.1, 0.15) is 0 Å². The van der Waals surface area contributed by atoms with Crippen LogP contribution in [-0.2, 0) is 9.53 Å². The maximum Gasteiger partial charge on any atom is 0.331 e. The van der Waals surface area contributed by atoms with Gasteiger partial charge in [-0.2, -0.15) is 0 Å². The summed E-state index contributed by atoms with van der Waals surface area (Å²) >= 11 is 0. The van der Waals surface area contributed by atoms with Crippen molar-refractivity contribution in [3.8, 4) is 0 Å². The van der Waals surface area contributed by atoms with E-state index in [2.05, 4.69) is 25.3 Å². The molecule has 0 aromatic carbocycles. The molecule has 0 radical (unpaired) electrons. The zero-order chi connectivity index (χ0) is 12.6. The second-order valence-corrected chi connectivity index (χ2v) is 3.68. The lowest BCUT2D eigenvalue weighted by Gasteiger charge is -2.25. The monoisotopic (exact) mass is 229 g/mol. The lowest BCUT2D eigenvalue weighted by molar-refractivity contribution is -0.133. The topological polar surface area (TPSA) is 49.8 Å². The van der Waals surface area contributed by atoms with Gasteiger partial charge in [-0.15, -0.1) is 0 Å². The van der Waals surface area contributed by atoms with E-state index < -0.39 is 5.97 Å². The molecule has 4 nitrogen and oxygen atoms in total. The predicted molar refractivity (Wildman–Crippen MR) is 64.6 cm³/mol. The third-order valence-corrected chi connectivity index (χ3v) is 2.54. The standard InChI is InChI=1S/C12H23NO3/c1-5-13(6-2)9-11(16-7-3)8-10(4)12(14)15/h11H,4-9H2,1-3H3,(H,14,15). The Morgan fingerprint density at radius 1 is 1.38 bits per heavy atom. The van der Waals surface area contributed by atoms with Crippen LogP contribution in [0, 0.1) is 0 Å². The molecule has 0 saturated carbocycles. The highest BCUT2D eigenvalue weighted by Gasteiger charge is 2.16. The van der Waals surface area contributed by atoms with Crippen LogP contribution >= 0.6 is 0 Å². The van der Waals surface area contributed by atoms with Crippen LogP contribution in [0.3, 0.4) is 0 Å². The van der Waals surface area contributed by atoms with E-state index in [1.165, 1.54) is 0 Å². The Balaban J connectivity index is 4.25. The van der Waals surface area contributed by atoms with Crippen LogP contribution in [0.25, 0.3) is 0 Å². The van der Waals surface area contributed by atoms with E-state index in [4.69, 9.17) is 9.84 Å². The first-order valence-electron chi connectivity index (χ1n) is 5.80. The molecule has 0 aliphatic heterocycles. The summed E-state index contributed by atoms with van der Waals surface area (Å²) in [6.45, 7) is 12.9. The Kier molecular flexibility index (Phi) is 7.85. The van der Waals surface area contributed by atoms with E-state index in [0.717, 1.165) is 19.6 Å². The SMILES string of the molecule is C=C(CC(CN(CC)CC)OCC)C(=O)O. The van der Waals surface area contributed by atoms with E-state index in [9.17, 15) is 4.79 Å². The number of aliphatic carboxylic acids is 1. The van der Waals surface area contributed by atoms with E-state index in [-0.39, 0.29) is 11.7 Å². The maximum atomic E-state index is 10.7. The van der Waals surface area contributed by atoms with Crippen LogP contribution in [0.15, 0.2) is 12.2 Å². The minimum absolute atomic E-state index is 0.0755. The van der Waals surface area contributed by atoms with E-state index >= 15 is 0 Å². The Hall–Kier alpha value is -0.870. The number of hydrogen-bond acceptors (Lipinski definition) is 3. The normalized spacial score (nSPS) is 12.8. The largest absolute Gasteiger partial charge is 0.478 e. The van der Waals surface area contributed by atoms with E-state index in [1.807, 2.05) is 6.92 Å².